The van der Waals surface area contributed by atoms with Crippen LogP contribution in [0.1, 0.15) is 24.8 Å². The predicted molar refractivity (Wildman–Crippen MR) is 77.6 cm³/mol. The third-order valence-corrected chi connectivity index (χ3v) is 6.43. The summed E-state index contributed by atoms with van der Waals surface area (Å²) in [5.41, 5.74) is 0.683. The van der Waals surface area contributed by atoms with Gasteiger partial charge in [0, 0.05) is 16.5 Å². The van der Waals surface area contributed by atoms with Gasteiger partial charge in [0.15, 0.2) is 9.84 Å². The molecule has 2 atom stereocenters. The molecule has 1 aliphatic heterocycles. The van der Waals surface area contributed by atoms with Crippen molar-refractivity contribution in [1.82, 2.24) is 0 Å². The average molecular weight is 323 g/mol. The van der Waals surface area contributed by atoms with E-state index in [0.29, 0.717) is 28.5 Å². The van der Waals surface area contributed by atoms with Crippen LogP contribution in [0, 0.1) is 0 Å². The molecule has 2 unspecified atom stereocenters. The summed E-state index contributed by atoms with van der Waals surface area (Å²) in [4.78, 5) is 0. The SMILES string of the molecule is O=S1(=O)CCCCC1C(O)Cc1cc(Cl)ccc1Cl. The van der Waals surface area contributed by atoms with Crippen molar-refractivity contribution in [2.24, 2.45) is 0 Å². The fourth-order valence-corrected chi connectivity index (χ4v) is 4.87. The molecule has 0 spiro atoms. The average Bonchev–Trinajstić information content (AvgIpc) is 2.33. The van der Waals surface area contributed by atoms with Crippen LogP contribution in [0.25, 0.3) is 0 Å². The van der Waals surface area contributed by atoms with Crippen LogP contribution in [-0.2, 0) is 16.3 Å². The Kier molecular flexibility index (Phi) is 4.77. The van der Waals surface area contributed by atoms with E-state index in [-0.39, 0.29) is 12.2 Å². The molecular formula is C13H16Cl2O3S. The maximum absolute atomic E-state index is 11.9. The molecule has 0 aromatic heterocycles. The fourth-order valence-electron chi connectivity index (χ4n) is 2.47. The van der Waals surface area contributed by atoms with Gasteiger partial charge >= 0.3 is 0 Å². The molecule has 0 amide bonds. The highest BCUT2D eigenvalue weighted by molar-refractivity contribution is 7.92. The van der Waals surface area contributed by atoms with Crippen LogP contribution in [0.3, 0.4) is 0 Å². The van der Waals surface area contributed by atoms with Crippen LogP contribution < -0.4 is 0 Å². The maximum atomic E-state index is 11.9. The molecule has 0 aliphatic carbocycles. The van der Waals surface area contributed by atoms with Gasteiger partial charge in [-0.15, -0.1) is 0 Å². The maximum Gasteiger partial charge on any atom is 0.155 e. The molecule has 1 saturated heterocycles. The normalized spacial score (nSPS) is 24.1. The second-order valence-corrected chi connectivity index (χ2v) is 8.09. The van der Waals surface area contributed by atoms with Gasteiger partial charge in [-0.3, -0.25) is 0 Å². The Labute approximate surface area is 123 Å². The first-order valence-electron chi connectivity index (χ1n) is 6.24. The van der Waals surface area contributed by atoms with Crippen molar-refractivity contribution in [3.8, 4) is 0 Å². The highest BCUT2D eigenvalue weighted by atomic mass is 35.5. The van der Waals surface area contributed by atoms with Gasteiger partial charge in [0.25, 0.3) is 0 Å². The topological polar surface area (TPSA) is 54.4 Å². The standard InChI is InChI=1S/C13H16Cl2O3S/c14-10-4-5-11(15)9(7-10)8-12(16)13-3-1-2-6-19(13,17)18/h4-5,7,12-13,16H,1-3,6,8H2. The smallest absolute Gasteiger partial charge is 0.155 e. The van der Waals surface area contributed by atoms with Gasteiger partial charge in [0.2, 0.25) is 0 Å². The van der Waals surface area contributed by atoms with E-state index in [2.05, 4.69) is 0 Å². The summed E-state index contributed by atoms with van der Waals surface area (Å²) in [6, 6.07) is 4.99. The third-order valence-electron chi connectivity index (χ3n) is 3.49. The lowest BCUT2D eigenvalue weighted by Crippen LogP contribution is -2.39. The van der Waals surface area contributed by atoms with Crippen molar-refractivity contribution in [2.75, 3.05) is 5.75 Å². The highest BCUT2D eigenvalue weighted by Gasteiger charge is 2.34. The van der Waals surface area contributed by atoms with Crippen molar-refractivity contribution in [3.63, 3.8) is 0 Å². The van der Waals surface area contributed by atoms with Crippen LogP contribution in [0.5, 0.6) is 0 Å². The summed E-state index contributed by atoms with van der Waals surface area (Å²) in [6.45, 7) is 0. The van der Waals surface area contributed by atoms with E-state index in [9.17, 15) is 13.5 Å². The number of hydrogen-bond donors (Lipinski definition) is 1. The second kappa shape index (κ2) is 6.00. The highest BCUT2D eigenvalue weighted by Crippen LogP contribution is 2.27. The van der Waals surface area contributed by atoms with Gasteiger partial charge in [-0.25, -0.2) is 8.42 Å². The molecule has 0 radical (unpaired) electrons. The molecule has 1 aromatic rings. The second-order valence-electron chi connectivity index (χ2n) is 4.91. The van der Waals surface area contributed by atoms with Gasteiger partial charge in [-0.2, -0.15) is 0 Å². The lowest BCUT2D eigenvalue weighted by molar-refractivity contribution is 0.162. The van der Waals surface area contributed by atoms with E-state index in [4.69, 9.17) is 23.2 Å². The summed E-state index contributed by atoms with van der Waals surface area (Å²) in [5.74, 6) is 0.165. The first-order valence-corrected chi connectivity index (χ1v) is 8.71. The molecule has 2 rings (SSSR count). The molecule has 19 heavy (non-hydrogen) atoms. The first kappa shape index (κ1) is 15.1. The Morgan fingerprint density at radius 3 is 2.74 bits per heavy atom. The van der Waals surface area contributed by atoms with Crippen molar-refractivity contribution in [1.29, 1.82) is 0 Å². The summed E-state index contributed by atoms with van der Waals surface area (Å²) >= 11 is 11.9. The zero-order chi connectivity index (χ0) is 14.0. The molecule has 1 aromatic carbocycles. The van der Waals surface area contributed by atoms with Crippen LogP contribution >= 0.6 is 23.2 Å². The molecule has 106 valence electrons. The van der Waals surface area contributed by atoms with Crippen molar-refractivity contribution >= 4 is 33.0 Å². The van der Waals surface area contributed by atoms with Crippen LogP contribution in [0.4, 0.5) is 0 Å². The summed E-state index contributed by atoms with van der Waals surface area (Å²) in [7, 11) is -3.19. The lowest BCUT2D eigenvalue weighted by Gasteiger charge is -2.27. The summed E-state index contributed by atoms with van der Waals surface area (Å²) in [6.07, 6.45) is 1.32. The van der Waals surface area contributed by atoms with Gasteiger partial charge in [-0.05, 0) is 36.6 Å². The molecule has 1 heterocycles. The molecule has 1 N–H and O–H groups in total. The Bertz CT molecular complexity index is 557. The lowest BCUT2D eigenvalue weighted by atomic mass is 10.0. The third kappa shape index (κ3) is 3.63. The van der Waals surface area contributed by atoms with E-state index < -0.39 is 21.2 Å². The van der Waals surface area contributed by atoms with E-state index in [1.165, 1.54) is 0 Å². The number of aliphatic hydroxyl groups excluding tert-OH is 1. The Morgan fingerprint density at radius 2 is 2.05 bits per heavy atom. The monoisotopic (exact) mass is 322 g/mol. The fraction of sp³-hybridized carbons (Fsp3) is 0.538. The van der Waals surface area contributed by atoms with Gasteiger partial charge in [0.1, 0.15) is 0 Å². The van der Waals surface area contributed by atoms with Crippen molar-refractivity contribution in [2.45, 2.75) is 37.0 Å². The molecule has 0 saturated carbocycles. The van der Waals surface area contributed by atoms with Crippen molar-refractivity contribution < 1.29 is 13.5 Å². The molecule has 1 aliphatic rings. The van der Waals surface area contributed by atoms with Gasteiger partial charge in [0.05, 0.1) is 17.1 Å². The number of sulfone groups is 1. The summed E-state index contributed by atoms with van der Waals surface area (Å²) in [5, 5.41) is 10.5. The quantitative estimate of drug-likeness (QED) is 0.930. The molecule has 3 nitrogen and oxygen atoms in total. The zero-order valence-corrected chi connectivity index (χ0v) is 12.7. The molecule has 6 heteroatoms. The van der Waals surface area contributed by atoms with E-state index in [1.807, 2.05) is 0 Å². The van der Waals surface area contributed by atoms with E-state index >= 15 is 0 Å². The number of rotatable bonds is 3. The number of aliphatic hydroxyl groups is 1. The molecular weight excluding hydrogens is 307 g/mol. The zero-order valence-electron chi connectivity index (χ0n) is 10.4. The Balaban J connectivity index is 2.16. The number of benzene rings is 1. The van der Waals surface area contributed by atoms with Gasteiger partial charge in [-0.1, -0.05) is 29.6 Å². The first-order chi connectivity index (χ1) is 8.90. The predicted octanol–water partition coefficient (Wildman–Crippen LogP) is 2.86. The van der Waals surface area contributed by atoms with Crippen LogP contribution in [0.15, 0.2) is 18.2 Å². The largest absolute Gasteiger partial charge is 0.391 e. The number of hydrogen-bond acceptors (Lipinski definition) is 3. The molecule has 0 bridgehead atoms. The molecule has 1 fully saturated rings. The Hall–Kier alpha value is -0.290. The Morgan fingerprint density at radius 1 is 1.32 bits per heavy atom. The van der Waals surface area contributed by atoms with E-state index in [0.717, 1.165) is 6.42 Å². The minimum absolute atomic E-state index is 0.165. The summed E-state index contributed by atoms with van der Waals surface area (Å²) < 4.78 is 23.9. The van der Waals surface area contributed by atoms with Gasteiger partial charge < -0.3 is 5.11 Å². The van der Waals surface area contributed by atoms with Crippen molar-refractivity contribution in [3.05, 3.63) is 33.8 Å². The minimum Gasteiger partial charge on any atom is -0.391 e. The van der Waals surface area contributed by atoms with Crippen LogP contribution in [0.2, 0.25) is 10.0 Å². The van der Waals surface area contributed by atoms with E-state index in [1.54, 1.807) is 18.2 Å². The van der Waals surface area contributed by atoms with Crippen LogP contribution in [-0.4, -0.2) is 30.6 Å². The minimum atomic E-state index is -3.19. The number of halogens is 2.